The highest BCUT2D eigenvalue weighted by molar-refractivity contribution is 7.90. The van der Waals surface area contributed by atoms with Crippen molar-refractivity contribution >= 4 is 9.84 Å². The van der Waals surface area contributed by atoms with Gasteiger partial charge in [0.2, 0.25) is 0 Å². The predicted octanol–water partition coefficient (Wildman–Crippen LogP) is 1.07. The molecule has 0 aromatic carbocycles. The molecule has 0 saturated heterocycles. The average molecular weight is 251 g/mol. The minimum Gasteiger partial charge on any atom is -0.383 e. The van der Waals surface area contributed by atoms with E-state index in [4.69, 9.17) is 4.74 Å². The molecular weight excluding hydrogens is 226 g/mol. The zero-order valence-corrected chi connectivity index (χ0v) is 11.9. The van der Waals surface area contributed by atoms with E-state index in [-0.39, 0.29) is 11.2 Å². The molecule has 0 aliphatic rings. The minimum absolute atomic E-state index is 0.00885. The summed E-state index contributed by atoms with van der Waals surface area (Å²) in [6.45, 7) is 7.67. The SMILES string of the molecule is COCC(C)NCC(C)(C)CCS(C)(=O)=O. The topological polar surface area (TPSA) is 55.4 Å². The van der Waals surface area contributed by atoms with Gasteiger partial charge in [0.25, 0.3) is 0 Å². The number of ether oxygens (including phenoxy) is 1. The molecule has 0 radical (unpaired) electrons. The molecule has 0 bridgehead atoms. The third-order valence-electron chi connectivity index (χ3n) is 2.50. The summed E-state index contributed by atoms with van der Waals surface area (Å²) in [5.74, 6) is 0.250. The van der Waals surface area contributed by atoms with E-state index in [0.717, 1.165) is 6.54 Å². The molecule has 0 saturated carbocycles. The fourth-order valence-electron chi connectivity index (χ4n) is 1.31. The van der Waals surface area contributed by atoms with Crippen molar-refractivity contribution in [2.45, 2.75) is 33.2 Å². The van der Waals surface area contributed by atoms with Crippen molar-refractivity contribution in [2.75, 3.05) is 32.3 Å². The molecule has 0 aliphatic carbocycles. The molecule has 1 unspecified atom stereocenters. The monoisotopic (exact) mass is 251 g/mol. The molecule has 0 heterocycles. The normalized spacial score (nSPS) is 15.1. The smallest absolute Gasteiger partial charge is 0.147 e. The Kier molecular flexibility index (Phi) is 6.51. The van der Waals surface area contributed by atoms with Gasteiger partial charge >= 0.3 is 0 Å². The van der Waals surface area contributed by atoms with Gasteiger partial charge in [0.15, 0.2) is 0 Å². The Hall–Kier alpha value is -0.130. The highest BCUT2D eigenvalue weighted by atomic mass is 32.2. The maximum Gasteiger partial charge on any atom is 0.147 e. The van der Waals surface area contributed by atoms with E-state index < -0.39 is 9.84 Å². The third-order valence-corrected chi connectivity index (χ3v) is 3.44. The van der Waals surface area contributed by atoms with Crippen LogP contribution < -0.4 is 5.32 Å². The molecule has 16 heavy (non-hydrogen) atoms. The molecule has 0 aromatic rings. The maximum atomic E-state index is 11.1. The first-order chi connectivity index (χ1) is 7.16. The summed E-state index contributed by atoms with van der Waals surface area (Å²) in [6, 6.07) is 0.294. The van der Waals surface area contributed by atoms with Gasteiger partial charge in [-0.15, -0.1) is 0 Å². The molecule has 5 heteroatoms. The molecule has 1 atom stereocenters. The van der Waals surface area contributed by atoms with E-state index in [2.05, 4.69) is 26.1 Å². The average Bonchev–Trinajstić information content (AvgIpc) is 2.12. The Morgan fingerprint density at radius 3 is 2.38 bits per heavy atom. The number of rotatable bonds is 8. The third kappa shape index (κ3) is 9.12. The van der Waals surface area contributed by atoms with Crippen molar-refractivity contribution in [1.29, 1.82) is 0 Å². The molecule has 0 amide bonds. The number of hydrogen-bond acceptors (Lipinski definition) is 4. The van der Waals surface area contributed by atoms with Crippen molar-refractivity contribution in [3.8, 4) is 0 Å². The summed E-state index contributed by atoms with van der Waals surface area (Å²) in [6.07, 6.45) is 1.96. The summed E-state index contributed by atoms with van der Waals surface area (Å²) in [4.78, 5) is 0. The van der Waals surface area contributed by atoms with Crippen LogP contribution in [0, 0.1) is 5.41 Å². The van der Waals surface area contributed by atoms with Crippen LogP contribution in [-0.4, -0.2) is 46.7 Å². The summed E-state index contributed by atoms with van der Waals surface area (Å²) in [5.41, 5.74) is -0.00885. The number of methoxy groups -OCH3 is 1. The van der Waals surface area contributed by atoms with Crippen molar-refractivity contribution in [1.82, 2.24) is 5.32 Å². The largest absolute Gasteiger partial charge is 0.383 e. The Labute approximate surface area is 99.7 Å². The molecule has 0 spiro atoms. The van der Waals surface area contributed by atoms with Crippen LogP contribution in [-0.2, 0) is 14.6 Å². The number of hydrogen-bond donors (Lipinski definition) is 1. The van der Waals surface area contributed by atoms with Gasteiger partial charge in [-0.25, -0.2) is 8.42 Å². The second-order valence-corrected chi connectivity index (χ2v) is 7.54. The van der Waals surface area contributed by atoms with Gasteiger partial charge in [-0.2, -0.15) is 0 Å². The van der Waals surface area contributed by atoms with E-state index in [1.807, 2.05) is 0 Å². The van der Waals surface area contributed by atoms with E-state index >= 15 is 0 Å². The van der Waals surface area contributed by atoms with E-state index in [1.54, 1.807) is 7.11 Å². The van der Waals surface area contributed by atoms with Crippen molar-refractivity contribution in [2.24, 2.45) is 5.41 Å². The summed E-state index contributed by atoms with van der Waals surface area (Å²) in [5, 5.41) is 3.34. The highest BCUT2D eigenvalue weighted by Crippen LogP contribution is 2.19. The lowest BCUT2D eigenvalue weighted by Crippen LogP contribution is -2.38. The Morgan fingerprint density at radius 1 is 1.38 bits per heavy atom. The van der Waals surface area contributed by atoms with Crippen LogP contribution in [0.4, 0.5) is 0 Å². The summed E-state index contributed by atoms with van der Waals surface area (Å²) in [7, 11) is -1.18. The van der Waals surface area contributed by atoms with Crippen molar-refractivity contribution < 1.29 is 13.2 Å². The molecule has 1 N–H and O–H groups in total. The lowest BCUT2D eigenvalue weighted by atomic mass is 9.90. The van der Waals surface area contributed by atoms with Crippen LogP contribution in [0.5, 0.6) is 0 Å². The Bertz CT molecular complexity index is 286. The molecular formula is C11H25NO3S. The quantitative estimate of drug-likeness (QED) is 0.701. The van der Waals surface area contributed by atoms with Gasteiger partial charge in [0, 0.05) is 26.0 Å². The fourth-order valence-corrected chi connectivity index (χ4v) is 2.23. The standard InChI is InChI=1S/C11H25NO3S/c1-10(8-15-4)12-9-11(2,3)6-7-16(5,13)14/h10,12H,6-9H2,1-5H3. The number of sulfone groups is 1. The second kappa shape index (κ2) is 6.57. The van der Waals surface area contributed by atoms with E-state index in [9.17, 15) is 8.42 Å². The second-order valence-electron chi connectivity index (χ2n) is 5.28. The molecule has 98 valence electrons. The van der Waals surface area contributed by atoms with Gasteiger partial charge in [-0.05, 0) is 18.8 Å². The van der Waals surface area contributed by atoms with Gasteiger partial charge in [-0.3, -0.25) is 0 Å². The first-order valence-electron chi connectivity index (χ1n) is 5.56. The van der Waals surface area contributed by atoms with Crippen LogP contribution in [0.25, 0.3) is 0 Å². The fraction of sp³-hybridized carbons (Fsp3) is 1.00. The first-order valence-corrected chi connectivity index (χ1v) is 7.62. The van der Waals surface area contributed by atoms with Gasteiger partial charge < -0.3 is 10.1 Å². The summed E-state index contributed by atoms with van der Waals surface area (Å²) >= 11 is 0. The van der Waals surface area contributed by atoms with Crippen LogP contribution in [0.1, 0.15) is 27.2 Å². The van der Waals surface area contributed by atoms with E-state index in [0.29, 0.717) is 19.1 Å². The summed E-state index contributed by atoms with van der Waals surface area (Å²) < 4.78 is 27.2. The van der Waals surface area contributed by atoms with Crippen molar-refractivity contribution in [3.05, 3.63) is 0 Å². The van der Waals surface area contributed by atoms with Crippen LogP contribution >= 0.6 is 0 Å². The minimum atomic E-state index is -2.86. The Balaban J connectivity index is 3.95. The van der Waals surface area contributed by atoms with Gasteiger partial charge in [0.05, 0.1) is 12.4 Å². The van der Waals surface area contributed by atoms with Crippen LogP contribution in [0.2, 0.25) is 0 Å². The number of nitrogens with one attached hydrogen (secondary N) is 1. The lowest BCUT2D eigenvalue weighted by molar-refractivity contribution is 0.164. The molecule has 0 rings (SSSR count). The highest BCUT2D eigenvalue weighted by Gasteiger charge is 2.20. The van der Waals surface area contributed by atoms with Gasteiger partial charge in [-0.1, -0.05) is 13.8 Å². The van der Waals surface area contributed by atoms with E-state index in [1.165, 1.54) is 6.26 Å². The first kappa shape index (κ1) is 15.9. The molecule has 0 aliphatic heterocycles. The lowest BCUT2D eigenvalue weighted by Gasteiger charge is -2.26. The maximum absolute atomic E-state index is 11.1. The molecule has 0 aromatic heterocycles. The van der Waals surface area contributed by atoms with Crippen LogP contribution in [0.15, 0.2) is 0 Å². The zero-order valence-electron chi connectivity index (χ0n) is 11.0. The van der Waals surface area contributed by atoms with Gasteiger partial charge in [0.1, 0.15) is 9.84 Å². The zero-order chi connectivity index (χ0) is 12.8. The van der Waals surface area contributed by atoms with Crippen LogP contribution in [0.3, 0.4) is 0 Å². The predicted molar refractivity (Wildman–Crippen MR) is 67.4 cm³/mol. The molecule has 4 nitrogen and oxygen atoms in total. The van der Waals surface area contributed by atoms with Crippen molar-refractivity contribution in [3.63, 3.8) is 0 Å². The molecule has 0 fully saturated rings. The Morgan fingerprint density at radius 2 is 1.94 bits per heavy atom.